The van der Waals surface area contributed by atoms with Crippen molar-refractivity contribution in [3.05, 3.63) is 18.0 Å². The van der Waals surface area contributed by atoms with E-state index in [0.29, 0.717) is 29.4 Å². The second-order valence-corrected chi connectivity index (χ2v) is 13.0. The van der Waals surface area contributed by atoms with Crippen molar-refractivity contribution in [2.45, 2.75) is 110 Å². The van der Waals surface area contributed by atoms with E-state index in [4.69, 9.17) is 5.26 Å². The number of nitrogens with zero attached hydrogens (tertiary/aromatic N) is 3. The summed E-state index contributed by atoms with van der Waals surface area (Å²) in [5.74, 6) is 3.16. The van der Waals surface area contributed by atoms with Gasteiger partial charge in [-0.2, -0.15) is 10.4 Å². The zero-order valence-electron chi connectivity index (χ0n) is 21.1. The minimum atomic E-state index is -0.835. The van der Waals surface area contributed by atoms with Crippen molar-refractivity contribution in [1.29, 1.82) is 5.26 Å². The second-order valence-electron chi connectivity index (χ2n) is 13.0. The fraction of sp³-hybridized carbons (Fsp3) is 0.857. The highest BCUT2D eigenvalue weighted by Crippen LogP contribution is 2.69. The molecule has 2 unspecified atom stereocenters. The van der Waals surface area contributed by atoms with Gasteiger partial charge in [0.25, 0.3) is 0 Å². The van der Waals surface area contributed by atoms with E-state index >= 15 is 0 Å². The molecule has 0 aromatic carbocycles. The molecule has 4 fully saturated rings. The third kappa shape index (κ3) is 3.59. The van der Waals surface area contributed by atoms with E-state index in [0.717, 1.165) is 31.1 Å². The molecule has 33 heavy (non-hydrogen) atoms. The van der Waals surface area contributed by atoms with Crippen LogP contribution in [0.4, 0.5) is 0 Å². The summed E-state index contributed by atoms with van der Waals surface area (Å²) in [6.07, 6.45) is 15.1. The molecule has 0 amide bonds. The molecule has 182 valence electrons. The molecule has 5 rings (SSSR count). The first kappa shape index (κ1) is 23.4. The van der Waals surface area contributed by atoms with Gasteiger partial charge in [0.05, 0.1) is 29.5 Å². The largest absolute Gasteiger partial charge is 0.390 e. The van der Waals surface area contributed by atoms with Crippen molar-refractivity contribution in [1.82, 2.24) is 9.78 Å². The number of hydrogen-bond acceptors (Lipinski definition) is 4. The SMILES string of the molecule is CC[C@]12CC[C@@](C)(O)C[C@H]1CC[C@@H]1[C@@H]2CC[C@]2(C)C(C(C)(O)Cn3cc(C#N)cn3)CC[C@@H]12. The molecule has 0 bridgehead atoms. The molecule has 1 aromatic heterocycles. The maximum atomic E-state index is 11.7. The summed E-state index contributed by atoms with van der Waals surface area (Å²) in [6.45, 7) is 9.38. The maximum Gasteiger partial charge on any atom is 0.102 e. The van der Waals surface area contributed by atoms with Crippen molar-refractivity contribution >= 4 is 0 Å². The highest BCUT2D eigenvalue weighted by molar-refractivity contribution is 5.22. The normalized spacial score (nSPS) is 46.5. The van der Waals surface area contributed by atoms with Crippen LogP contribution < -0.4 is 0 Å². The van der Waals surface area contributed by atoms with Gasteiger partial charge >= 0.3 is 0 Å². The van der Waals surface area contributed by atoms with Crippen molar-refractivity contribution in [3.63, 3.8) is 0 Å². The van der Waals surface area contributed by atoms with E-state index in [9.17, 15) is 10.2 Å². The van der Waals surface area contributed by atoms with E-state index in [1.54, 1.807) is 17.1 Å². The van der Waals surface area contributed by atoms with Gasteiger partial charge in [-0.25, -0.2) is 0 Å². The minimum Gasteiger partial charge on any atom is -0.390 e. The molecule has 4 saturated carbocycles. The predicted molar refractivity (Wildman–Crippen MR) is 128 cm³/mol. The second kappa shape index (κ2) is 7.82. The highest BCUT2D eigenvalue weighted by atomic mass is 16.3. The van der Waals surface area contributed by atoms with Crippen molar-refractivity contribution in [3.8, 4) is 6.07 Å². The van der Waals surface area contributed by atoms with Gasteiger partial charge in [0, 0.05) is 6.20 Å². The number of fused-ring (bicyclic) bond motifs is 5. The quantitative estimate of drug-likeness (QED) is 0.648. The molecule has 5 nitrogen and oxygen atoms in total. The van der Waals surface area contributed by atoms with Gasteiger partial charge < -0.3 is 10.2 Å². The highest BCUT2D eigenvalue weighted by Gasteiger charge is 2.63. The number of aromatic nitrogens is 2. The average molecular weight is 454 g/mol. The van der Waals surface area contributed by atoms with Gasteiger partial charge in [-0.15, -0.1) is 0 Å². The van der Waals surface area contributed by atoms with Crippen LogP contribution in [0, 0.1) is 51.8 Å². The van der Waals surface area contributed by atoms with Gasteiger partial charge in [0.2, 0.25) is 0 Å². The molecule has 0 saturated heterocycles. The zero-order chi connectivity index (χ0) is 23.6. The molecular formula is C28H43N3O2. The van der Waals surface area contributed by atoms with Gasteiger partial charge in [0.15, 0.2) is 0 Å². The van der Waals surface area contributed by atoms with Gasteiger partial charge in [0.1, 0.15) is 6.07 Å². The monoisotopic (exact) mass is 453 g/mol. The van der Waals surface area contributed by atoms with Crippen LogP contribution in [0.5, 0.6) is 0 Å². The average Bonchev–Trinajstić information content (AvgIpc) is 3.36. The maximum absolute atomic E-state index is 11.7. The molecule has 9 atom stereocenters. The Labute approximate surface area is 199 Å². The Morgan fingerprint density at radius 1 is 1.15 bits per heavy atom. The molecule has 4 aliphatic carbocycles. The van der Waals surface area contributed by atoms with Gasteiger partial charge in [-0.05, 0) is 118 Å². The zero-order valence-corrected chi connectivity index (χ0v) is 21.1. The standard InChI is InChI=1S/C28H43N3O2/c1-5-28-13-12-25(2,32)14-20(28)6-7-21-22-8-9-24(26(22,3)11-10-23(21)28)27(4,33)18-31-17-19(15-29)16-30-31/h16-17,20-24,32-33H,5-14,18H2,1-4H3/t20-,21+,22+,23+,24?,25-,26+,27?,28+/m1/s1. The van der Waals surface area contributed by atoms with Crippen LogP contribution in [0.15, 0.2) is 12.4 Å². The fourth-order valence-corrected chi connectivity index (χ4v) is 9.91. The predicted octanol–water partition coefficient (Wildman–Crippen LogP) is 5.31. The Kier molecular flexibility index (Phi) is 5.54. The summed E-state index contributed by atoms with van der Waals surface area (Å²) < 4.78 is 1.76. The Morgan fingerprint density at radius 2 is 1.94 bits per heavy atom. The lowest BCUT2D eigenvalue weighted by Gasteiger charge is -2.63. The fourth-order valence-electron chi connectivity index (χ4n) is 9.91. The van der Waals surface area contributed by atoms with Crippen LogP contribution in [0.25, 0.3) is 0 Å². The van der Waals surface area contributed by atoms with E-state index in [1.807, 2.05) is 6.92 Å². The van der Waals surface area contributed by atoms with Crippen molar-refractivity contribution in [2.24, 2.45) is 40.4 Å². The summed E-state index contributed by atoms with van der Waals surface area (Å²) in [5.41, 5.74) is -0.185. The summed E-state index contributed by atoms with van der Waals surface area (Å²) in [6, 6.07) is 2.14. The number of hydrogen-bond donors (Lipinski definition) is 2. The van der Waals surface area contributed by atoms with Crippen molar-refractivity contribution < 1.29 is 10.2 Å². The first-order chi connectivity index (χ1) is 15.5. The topological polar surface area (TPSA) is 82.1 Å². The molecule has 1 heterocycles. The number of rotatable bonds is 4. The lowest BCUT2D eigenvalue weighted by Crippen LogP contribution is -2.57. The van der Waals surface area contributed by atoms with E-state index < -0.39 is 11.2 Å². The summed E-state index contributed by atoms with van der Waals surface area (Å²) in [7, 11) is 0. The van der Waals surface area contributed by atoms with Gasteiger partial charge in [-0.1, -0.05) is 13.8 Å². The minimum absolute atomic E-state index is 0.164. The van der Waals surface area contributed by atoms with E-state index in [2.05, 4.69) is 31.9 Å². The van der Waals surface area contributed by atoms with Crippen LogP contribution in [0.2, 0.25) is 0 Å². The Hall–Kier alpha value is -1.38. The van der Waals surface area contributed by atoms with Crippen LogP contribution in [0.1, 0.15) is 97.5 Å². The molecule has 5 heteroatoms. The molecule has 2 N–H and O–H groups in total. The Morgan fingerprint density at radius 3 is 2.64 bits per heavy atom. The lowest BCUT2D eigenvalue weighted by molar-refractivity contribution is -0.166. The third-order valence-electron chi connectivity index (χ3n) is 11.3. The van der Waals surface area contributed by atoms with Crippen LogP contribution >= 0.6 is 0 Å². The number of aliphatic hydroxyl groups is 2. The third-order valence-corrected chi connectivity index (χ3v) is 11.3. The van der Waals surface area contributed by atoms with Crippen LogP contribution in [-0.4, -0.2) is 31.2 Å². The Balaban J connectivity index is 1.38. The first-order valence-corrected chi connectivity index (χ1v) is 13.4. The summed E-state index contributed by atoms with van der Waals surface area (Å²) in [5, 5.41) is 36.0. The molecule has 0 radical (unpaired) electrons. The Bertz CT molecular complexity index is 930. The van der Waals surface area contributed by atoms with E-state index in [-0.39, 0.29) is 11.3 Å². The lowest BCUT2D eigenvalue weighted by atomic mass is 9.42. The number of nitriles is 1. The summed E-state index contributed by atoms with van der Waals surface area (Å²) >= 11 is 0. The first-order valence-electron chi connectivity index (χ1n) is 13.4. The molecule has 1 aromatic rings. The smallest absolute Gasteiger partial charge is 0.102 e. The molecular weight excluding hydrogens is 410 g/mol. The van der Waals surface area contributed by atoms with Crippen LogP contribution in [0.3, 0.4) is 0 Å². The molecule has 0 spiro atoms. The van der Waals surface area contributed by atoms with Crippen molar-refractivity contribution in [2.75, 3.05) is 0 Å². The summed E-state index contributed by atoms with van der Waals surface area (Å²) in [4.78, 5) is 0. The van der Waals surface area contributed by atoms with Crippen LogP contribution in [-0.2, 0) is 6.54 Å². The molecule has 0 aliphatic heterocycles. The van der Waals surface area contributed by atoms with E-state index in [1.165, 1.54) is 44.9 Å². The van der Waals surface area contributed by atoms with Gasteiger partial charge in [-0.3, -0.25) is 4.68 Å². The molecule has 4 aliphatic rings.